The topological polar surface area (TPSA) is 52.9 Å². The van der Waals surface area contributed by atoms with E-state index >= 15 is 0 Å². The van der Waals surface area contributed by atoms with Crippen LogP contribution in [0.3, 0.4) is 0 Å². The molecule has 0 aliphatic heterocycles. The van der Waals surface area contributed by atoms with E-state index in [-0.39, 0.29) is 6.61 Å². The fraction of sp³-hybridized carbons (Fsp3) is 0.538. The van der Waals surface area contributed by atoms with Crippen molar-refractivity contribution in [3.05, 3.63) is 29.3 Å². The maximum Gasteiger partial charge on any atom is 0.321 e. The van der Waals surface area contributed by atoms with Crippen LogP contribution in [0.5, 0.6) is 0 Å². The van der Waals surface area contributed by atoms with Gasteiger partial charge in [0.1, 0.15) is 0 Å². The molecule has 1 aromatic carbocycles. The van der Waals surface area contributed by atoms with Gasteiger partial charge in [-0.05, 0) is 41.8 Å². The highest BCUT2D eigenvalue weighted by molar-refractivity contribution is 8.06. The van der Waals surface area contributed by atoms with Crippen LogP contribution >= 0.6 is 6.72 Å². The van der Waals surface area contributed by atoms with Crippen LogP contribution in [0.25, 0.3) is 0 Å². The van der Waals surface area contributed by atoms with E-state index in [1.165, 1.54) is 11.1 Å². The average molecular weight is 303 g/mol. The summed E-state index contributed by atoms with van der Waals surface area (Å²) in [5.74, 6) is 0.431. The highest BCUT2D eigenvalue weighted by Crippen LogP contribution is 2.36. The highest BCUT2D eigenvalue weighted by Gasteiger charge is 2.12. The molecule has 0 bridgehead atoms. The third-order valence-corrected chi connectivity index (χ3v) is 3.74. The summed E-state index contributed by atoms with van der Waals surface area (Å²) in [5, 5.41) is 0. The lowest BCUT2D eigenvalue weighted by Gasteiger charge is -2.25. The van der Waals surface area contributed by atoms with Crippen molar-refractivity contribution in [2.24, 2.45) is 0 Å². The molecule has 0 aromatic heterocycles. The molecule has 0 aliphatic carbocycles. The fourth-order valence-corrected chi connectivity index (χ4v) is 2.43. The summed E-state index contributed by atoms with van der Waals surface area (Å²) in [4.78, 5) is 20.1. The average Bonchev–Trinajstić information content (AvgIpc) is 2.26. The van der Waals surface area contributed by atoms with E-state index in [2.05, 4.69) is 50.8 Å². The van der Waals surface area contributed by atoms with Gasteiger partial charge in [0.2, 0.25) is 0 Å². The first-order valence-electron chi connectivity index (χ1n) is 6.22. The molecule has 6 heteroatoms. The summed E-state index contributed by atoms with van der Waals surface area (Å²) >= 11 is 4.42. The first kappa shape index (κ1) is 16.6. The van der Waals surface area contributed by atoms with Gasteiger partial charge in [-0.2, -0.15) is 0 Å². The molecule has 0 saturated heterocycles. The monoisotopic (exact) mass is 303 g/mol. The molecule has 1 rings (SSSR count). The van der Waals surface area contributed by atoms with Crippen LogP contribution in [0.1, 0.15) is 30.9 Å². The van der Waals surface area contributed by atoms with Crippen LogP contribution in [0.15, 0.2) is 18.2 Å². The van der Waals surface area contributed by atoms with Gasteiger partial charge in [0.05, 0.1) is 6.61 Å². The molecule has 0 aliphatic rings. The Labute approximate surface area is 120 Å². The SMILES string of the molecule is Cc1ccc(C(C)C)c(N(C)CCOP(O)(O)=S)c1. The van der Waals surface area contributed by atoms with Crippen LogP contribution in [-0.2, 0) is 16.3 Å². The van der Waals surface area contributed by atoms with Gasteiger partial charge in [0.15, 0.2) is 0 Å². The van der Waals surface area contributed by atoms with E-state index in [9.17, 15) is 0 Å². The van der Waals surface area contributed by atoms with Crippen molar-refractivity contribution in [3.63, 3.8) is 0 Å². The minimum atomic E-state index is -3.55. The smallest absolute Gasteiger partial charge is 0.321 e. The van der Waals surface area contributed by atoms with E-state index in [0.29, 0.717) is 12.5 Å². The van der Waals surface area contributed by atoms with Crippen LogP contribution in [0, 0.1) is 6.92 Å². The van der Waals surface area contributed by atoms with Crippen molar-refractivity contribution in [2.45, 2.75) is 26.7 Å². The molecule has 4 nitrogen and oxygen atoms in total. The number of benzene rings is 1. The Morgan fingerprint density at radius 2 is 2.00 bits per heavy atom. The first-order chi connectivity index (χ1) is 8.70. The second kappa shape index (κ2) is 6.82. The number of hydrogen-bond acceptors (Lipinski definition) is 3. The molecule has 19 heavy (non-hydrogen) atoms. The van der Waals surface area contributed by atoms with Crippen molar-refractivity contribution < 1.29 is 14.3 Å². The lowest BCUT2D eigenvalue weighted by molar-refractivity contribution is 0.257. The number of aryl methyl sites for hydroxylation is 1. The Kier molecular flexibility index (Phi) is 5.96. The molecular formula is C13H22NO3PS. The quantitative estimate of drug-likeness (QED) is 0.792. The molecule has 0 atom stereocenters. The number of hydrogen-bond donors (Lipinski definition) is 2. The van der Waals surface area contributed by atoms with E-state index in [1.54, 1.807) is 0 Å². The third-order valence-electron chi connectivity index (χ3n) is 2.91. The standard InChI is InChI=1S/C13H22NO3PS/c1-10(2)12-6-5-11(3)9-13(12)14(4)7-8-17-18(15,16)19/h5-6,9-10H,7-8H2,1-4H3,(H2,15,16,19). The number of nitrogens with zero attached hydrogens (tertiary/aromatic N) is 1. The van der Waals surface area contributed by atoms with Gasteiger partial charge < -0.3 is 19.2 Å². The zero-order valence-corrected chi connectivity index (χ0v) is 13.5. The predicted molar refractivity (Wildman–Crippen MR) is 83.2 cm³/mol. The zero-order valence-electron chi connectivity index (χ0n) is 11.8. The first-order valence-corrected chi connectivity index (χ1v) is 8.85. The molecule has 0 unspecified atom stereocenters. The van der Waals surface area contributed by atoms with Crippen molar-refractivity contribution in [1.82, 2.24) is 0 Å². The Balaban J connectivity index is 2.78. The van der Waals surface area contributed by atoms with Crippen molar-refractivity contribution >= 4 is 24.2 Å². The van der Waals surface area contributed by atoms with Gasteiger partial charge >= 0.3 is 6.72 Å². The fourth-order valence-electron chi connectivity index (χ4n) is 1.89. The number of rotatable bonds is 6. The molecule has 0 amide bonds. The molecule has 0 radical (unpaired) electrons. The maximum atomic E-state index is 9.03. The van der Waals surface area contributed by atoms with E-state index < -0.39 is 6.72 Å². The summed E-state index contributed by atoms with van der Waals surface area (Å²) in [6, 6.07) is 6.36. The lowest BCUT2D eigenvalue weighted by atomic mass is 9.99. The normalized spacial score (nSPS) is 11.9. The Hall–Kier alpha value is -0.450. The summed E-state index contributed by atoms with van der Waals surface area (Å²) in [6.07, 6.45) is 0. The van der Waals surface area contributed by atoms with Crippen LogP contribution in [0.4, 0.5) is 5.69 Å². The van der Waals surface area contributed by atoms with Crippen molar-refractivity contribution in [1.29, 1.82) is 0 Å². The largest absolute Gasteiger partial charge is 0.372 e. The second-order valence-corrected chi connectivity index (χ2v) is 7.63. The molecule has 0 heterocycles. The van der Waals surface area contributed by atoms with Crippen LogP contribution in [-0.4, -0.2) is 30.0 Å². The molecule has 0 saturated carbocycles. The van der Waals surface area contributed by atoms with Gasteiger partial charge in [-0.3, -0.25) is 0 Å². The summed E-state index contributed by atoms with van der Waals surface area (Å²) in [5.41, 5.74) is 3.60. The van der Waals surface area contributed by atoms with Crippen LogP contribution < -0.4 is 4.90 Å². The molecular weight excluding hydrogens is 281 g/mol. The lowest BCUT2D eigenvalue weighted by Crippen LogP contribution is -2.23. The van der Waals surface area contributed by atoms with E-state index in [0.717, 1.165) is 5.69 Å². The summed E-state index contributed by atoms with van der Waals surface area (Å²) < 4.78 is 4.85. The van der Waals surface area contributed by atoms with E-state index in [4.69, 9.17) is 14.3 Å². The third kappa shape index (κ3) is 5.59. The molecule has 0 spiro atoms. The van der Waals surface area contributed by atoms with Gasteiger partial charge in [-0.1, -0.05) is 26.0 Å². The molecule has 1 aromatic rings. The van der Waals surface area contributed by atoms with Gasteiger partial charge in [-0.25, -0.2) is 0 Å². The van der Waals surface area contributed by atoms with Gasteiger partial charge in [0.25, 0.3) is 0 Å². The minimum Gasteiger partial charge on any atom is -0.372 e. The van der Waals surface area contributed by atoms with Gasteiger partial charge in [0, 0.05) is 19.3 Å². The molecule has 2 N–H and O–H groups in total. The maximum absolute atomic E-state index is 9.03. The van der Waals surface area contributed by atoms with Gasteiger partial charge in [-0.15, -0.1) is 0 Å². The predicted octanol–water partition coefficient (Wildman–Crippen LogP) is 2.78. The van der Waals surface area contributed by atoms with Crippen molar-refractivity contribution in [3.8, 4) is 0 Å². The number of anilines is 1. The molecule has 0 fully saturated rings. The molecule has 108 valence electrons. The Morgan fingerprint density at radius 1 is 1.37 bits per heavy atom. The number of likely N-dealkylation sites (N-methyl/N-ethyl adjacent to an activating group) is 1. The summed E-state index contributed by atoms with van der Waals surface area (Å²) in [6.45, 7) is 3.57. The summed E-state index contributed by atoms with van der Waals surface area (Å²) in [7, 11) is 1.96. The van der Waals surface area contributed by atoms with Crippen LogP contribution in [0.2, 0.25) is 0 Å². The van der Waals surface area contributed by atoms with Crippen molar-refractivity contribution in [2.75, 3.05) is 25.1 Å². The second-order valence-electron chi connectivity index (χ2n) is 4.96. The Morgan fingerprint density at radius 3 is 2.53 bits per heavy atom. The Bertz CT molecular complexity index is 473. The minimum absolute atomic E-state index is 0.201. The van der Waals surface area contributed by atoms with E-state index in [1.807, 2.05) is 11.9 Å². The zero-order chi connectivity index (χ0) is 14.6. The highest BCUT2D eigenvalue weighted by atomic mass is 32.5.